The van der Waals surface area contributed by atoms with Crippen LogP contribution in [0.1, 0.15) is 9.67 Å². The van der Waals surface area contributed by atoms with Gasteiger partial charge in [0.2, 0.25) is 0 Å². The Morgan fingerprint density at radius 3 is 2.79 bits per heavy atom. The van der Waals surface area contributed by atoms with Gasteiger partial charge in [0.15, 0.2) is 4.80 Å². The van der Waals surface area contributed by atoms with Crippen molar-refractivity contribution in [1.82, 2.24) is 4.57 Å². The number of nitrogens with zero attached hydrogens (tertiary/aromatic N) is 3. The molecule has 0 radical (unpaired) electrons. The minimum absolute atomic E-state index is 0.0420. The summed E-state index contributed by atoms with van der Waals surface area (Å²) in [5.74, 6) is 1.64. The summed E-state index contributed by atoms with van der Waals surface area (Å²) < 4.78 is 16.6. The van der Waals surface area contributed by atoms with Gasteiger partial charge in [-0.05, 0) is 30.3 Å². The lowest BCUT2D eigenvalue weighted by Gasteiger charge is -1.99. The highest BCUT2D eigenvalue weighted by Gasteiger charge is 2.14. The number of thiophene rings is 1. The van der Waals surface area contributed by atoms with Crippen LogP contribution < -0.4 is 4.80 Å². The summed E-state index contributed by atoms with van der Waals surface area (Å²) in [6.07, 6.45) is 5.42. The van der Waals surface area contributed by atoms with Gasteiger partial charge in [-0.3, -0.25) is 14.9 Å². The molecule has 0 aliphatic carbocycles. The number of nitro groups is 1. The van der Waals surface area contributed by atoms with Crippen molar-refractivity contribution < 1.29 is 14.1 Å². The second-order valence-corrected chi connectivity index (χ2v) is 7.89. The first-order chi connectivity index (χ1) is 13.5. The second-order valence-electron chi connectivity index (χ2n) is 5.79. The highest BCUT2D eigenvalue weighted by Crippen LogP contribution is 2.29. The number of carbonyl (C=O) groups is 1. The highest BCUT2D eigenvalue weighted by atomic mass is 32.1. The number of carbonyl (C=O) groups excluding carboxylic acids is 1. The van der Waals surface area contributed by atoms with Gasteiger partial charge in [0.05, 0.1) is 26.6 Å². The molecule has 0 saturated carbocycles. The molecule has 0 aliphatic rings. The topological polar surface area (TPSA) is 77.5 Å². The summed E-state index contributed by atoms with van der Waals surface area (Å²) in [5.41, 5.74) is 0.655. The van der Waals surface area contributed by atoms with Gasteiger partial charge in [-0.25, -0.2) is 4.39 Å². The highest BCUT2D eigenvalue weighted by molar-refractivity contribution is 7.21. The number of rotatable bonds is 3. The average molecular weight is 411 g/mol. The van der Waals surface area contributed by atoms with Crippen LogP contribution in [-0.2, 0) is 6.54 Å². The molecule has 6 nitrogen and oxygen atoms in total. The Balaban J connectivity index is 1.81. The number of terminal acetylenes is 1. The number of nitro benzene ring substituents is 1. The molecule has 0 bridgehead atoms. The van der Waals surface area contributed by atoms with E-state index >= 15 is 0 Å². The quantitative estimate of drug-likeness (QED) is 0.286. The standard InChI is InChI=1S/C19H10FN3O3S2/c1-2-7-22-14-5-3-12(20)10-16(14)28-19(22)21-18(24)17-9-11-8-13(23(25)26)4-6-15(11)27-17/h1,3-6,8-10H,7H2. The third-order valence-electron chi connectivity index (χ3n) is 4.01. The number of fused-ring (bicyclic) bond motifs is 2. The van der Waals surface area contributed by atoms with E-state index in [4.69, 9.17) is 6.42 Å². The van der Waals surface area contributed by atoms with Crippen LogP contribution in [0.5, 0.6) is 0 Å². The number of benzene rings is 2. The van der Waals surface area contributed by atoms with Crippen molar-refractivity contribution in [3.05, 3.63) is 68.1 Å². The zero-order chi connectivity index (χ0) is 19.8. The predicted octanol–water partition coefficient (Wildman–Crippen LogP) is 4.34. The molecule has 4 rings (SSSR count). The molecule has 0 saturated heterocycles. The number of non-ortho nitro benzene ring substituents is 1. The van der Waals surface area contributed by atoms with Gasteiger partial charge in [-0.2, -0.15) is 4.99 Å². The number of amides is 1. The molecule has 138 valence electrons. The fourth-order valence-corrected chi connectivity index (χ4v) is 4.75. The maximum absolute atomic E-state index is 13.5. The maximum atomic E-state index is 13.5. The number of thiazole rings is 1. The lowest BCUT2D eigenvalue weighted by atomic mass is 10.2. The minimum Gasteiger partial charge on any atom is -0.305 e. The van der Waals surface area contributed by atoms with E-state index in [1.54, 1.807) is 22.8 Å². The molecule has 2 aromatic heterocycles. The van der Waals surface area contributed by atoms with Crippen molar-refractivity contribution in [3.63, 3.8) is 0 Å². The van der Waals surface area contributed by atoms with Crippen molar-refractivity contribution in [2.45, 2.75) is 6.54 Å². The van der Waals surface area contributed by atoms with E-state index < -0.39 is 10.8 Å². The summed E-state index contributed by atoms with van der Waals surface area (Å²) in [4.78, 5) is 28.0. The van der Waals surface area contributed by atoms with E-state index in [9.17, 15) is 19.3 Å². The number of aromatic nitrogens is 1. The average Bonchev–Trinajstić information content (AvgIpc) is 3.22. The SMILES string of the molecule is C#CCn1c(=NC(=O)c2cc3cc([N+](=O)[O-])ccc3s2)sc2cc(F)ccc21. The fraction of sp³-hybridized carbons (Fsp3) is 0.0526. The summed E-state index contributed by atoms with van der Waals surface area (Å²) >= 11 is 2.37. The summed E-state index contributed by atoms with van der Waals surface area (Å²) in [7, 11) is 0. The van der Waals surface area contributed by atoms with Crippen molar-refractivity contribution in [1.29, 1.82) is 0 Å². The Kier molecular flexibility index (Phi) is 4.50. The molecule has 0 spiro atoms. The van der Waals surface area contributed by atoms with Crippen LogP contribution in [0.15, 0.2) is 47.5 Å². The third kappa shape index (κ3) is 3.19. The molecule has 0 atom stereocenters. The largest absolute Gasteiger partial charge is 0.305 e. The van der Waals surface area contributed by atoms with E-state index in [0.717, 1.165) is 4.70 Å². The zero-order valence-electron chi connectivity index (χ0n) is 14.1. The van der Waals surface area contributed by atoms with Crippen LogP contribution in [0.4, 0.5) is 10.1 Å². The molecule has 28 heavy (non-hydrogen) atoms. The molecular formula is C19H10FN3O3S2. The van der Waals surface area contributed by atoms with E-state index in [1.165, 1.54) is 46.9 Å². The predicted molar refractivity (Wildman–Crippen MR) is 107 cm³/mol. The molecule has 0 aliphatic heterocycles. The Morgan fingerprint density at radius 1 is 1.21 bits per heavy atom. The normalized spacial score (nSPS) is 11.8. The molecule has 9 heteroatoms. The number of hydrogen-bond donors (Lipinski definition) is 0. The lowest BCUT2D eigenvalue weighted by Crippen LogP contribution is -2.16. The van der Waals surface area contributed by atoms with Crippen LogP contribution >= 0.6 is 22.7 Å². The molecular weight excluding hydrogens is 401 g/mol. The van der Waals surface area contributed by atoms with Gasteiger partial charge in [-0.15, -0.1) is 17.8 Å². The first-order valence-corrected chi connectivity index (χ1v) is 9.59. The van der Waals surface area contributed by atoms with Gasteiger partial charge in [0, 0.05) is 22.2 Å². The summed E-state index contributed by atoms with van der Waals surface area (Å²) in [5, 5.41) is 11.5. The Bertz CT molecular complexity index is 1370. The minimum atomic E-state index is -0.485. The first-order valence-electron chi connectivity index (χ1n) is 7.95. The lowest BCUT2D eigenvalue weighted by molar-refractivity contribution is -0.384. The van der Waals surface area contributed by atoms with Gasteiger partial charge < -0.3 is 4.57 Å². The molecule has 2 heterocycles. The second kappa shape index (κ2) is 6.99. The maximum Gasteiger partial charge on any atom is 0.289 e. The van der Waals surface area contributed by atoms with Crippen molar-refractivity contribution in [2.75, 3.05) is 0 Å². The Labute approximate surface area is 165 Å². The number of halogens is 1. The van der Waals surface area contributed by atoms with Gasteiger partial charge in [0.1, 0.15) is 5.82 Å². The van der Waals surface area contributed by atoms with Gasteiger partial charge in [-0.1, -0.05) is 17.3 Å². The monoisotopic (exact) mass is 411 g/mol. The van der Waals surface area contributed by atoms with E-state index in [-0.39, 0.29) is 18.0 Å². The van der Waals surface area contributed by atoms with Crippen LogP contribution in [0, 0.1) is 28.3 Å². The van der Waals surface area contributed by atoms with E-state index in [2.05, 4.69) is 10.9 Å². The molecule has 1 amide bonds. The van der Waals surface area contributed by atoms with Crippen LogP contribution in [0.25, 0.3) is 20.3 Å². The smallest absolute Gasteiger partial charge is 0.289 e. The Hall–Kier alpha value is -3.35. The Morgan fingerprint density at radius 2 is 2.04 bits per heavy atom. The molecule has 0 fully saturated rings. The van der Waals surface area contributed by atoms with Crippen molar-refractivity contribution >= 4 is 54.6 Å². The van der Waals surface area contributed by atoms with Crippen LogP contribution in [-0.4, -0.2) is 15.4 Å². The zero-order valence-corrected chi connectivity index (χ0v) is 15.7. The first kappa shape index (κ1) is 18.0. The molecule has 4 aromatic rings. The van der Waals surface area contributed by atoms with Crippen LogP contribution in [0.2, 0.25) is 0 Å². The molecule has 2 aromatic carbocycles. The third-order valence-corrected chi connectivity index (χ3v) is 6.16. The summed E-state index contributed by atoms with van der Waals surface area (Å²) in [6, 6.07) is 10.3. The number of hydrogen-bond acceptors (Lipinski definition) is 5. The van der Waals surface area contributed by atoms with Crippen molar-refractivity contribution in [2.24, 2.45) is 4.99 Å². The van der Waals surface area contributed by atoms with Gasteiger partial charge in [0.25, 0.3) is 11.6 Å². The van der Waals surface area contributed by atoms with Crippen molar-refractivity contribution in [3.8, 4) is 12.3 Å². The fourth-order valence-electron chi connectivity index (χ4n) is 2.77. The van der Waals surface area contributed by atoms with Gasteiger partial charge >= 0.3 is 0 Å². The molecule has 0 N–H and O–H groups in total. The van der Waals surface area contributed by atoms with E-state index in [1.807, 2.05) is 0 Å². The summed E-state index contributed by atoms with van der Waals surface area (Å²) in [6.45, 7) is 0.191. The van der Waals surface area contributed by atoms with E-state index in [0.29, 0.717) is 25.3 Å². The molecule has 0 unspecified atom stereocenters. The van der Waals surface area contributed by atoms with Crippen LogP contribution in [0.3, 0.4) is 0 Å².